The predicted molar refractivity (Wildman–Crippen MR) is 78.0 cm³/mol. The molecule has 0 amide bonds. The summed E-state index contributed by atoms with van der Waals surface area (Å²) in [6.07, 6.45) is 0. The van der Waals surface area contributed by atoms with Crippen LogP contribution in [-0.2, 0) is 6.54 Å². The minimum Gasteiger partial charge on any atom is -0.457 e. The third-order valence-corrected chi connectivity index (χ3v) is 3.18. The lowest BCUT2D eigenvalue weighted by molar-refractivity contribution is 0.477. The molecule has 0 aliphatic carbocycles. The van der Waals surface area contributed by atoms with E-state index in [1.54, 1.807) is 0 Å². The van der Waals surface area contributed by atoms with E-state index in [1.165, 1.54) is 5.56 Å². The zero-order valence-corrected chi connectivity index (χ0v) is 12.1. The van der Waals surface area contributed by atoms with Gasteiger partial charge in [-0.15, -0.1) is 0 Å². The Balaban J connectivity index is 2.30. The van der Waals surface area contributed by atoms with Crippen molar-refractivity contribution in [1.29, 1.82) is 0 Å². The van der Waals surface area contributed by atoms with Gasteiger partial charge in [-0.25, -0.2) is 0 Å². The van der Waals surface area contributed by atoms with Gasteiger partial charge < -0.3 is 10.5 Å². The van der Waals surface area contributed by atoms with E-state index in [2.05, 4.69) is 28.9 Å². The van der Waals surface area contributed by atoms with Gasteiger partial charge in [0.05, 0.1) is 0 Å². The van der Waals surface area contributed by atoms with Crippen LogP contribution in [0, 0.1) is 13.8 Å². The van der Waals surface area contributed by atoms with Crippen molar-refractivity contribution in [1.82, 2.24) is 0 Å². The molecule has 18 heavy (non-hydrogen) atoms. The maximum absolute atomic E-state index is 5.90. The highest BCUT2D eigenvalue weighted by molar-refractivity contribution is 9.10. The van der Waals surface area contributed by atoms with E-state index in [9.17, 15) is 0 Å². The minimum absolute atomic E-state index is 0.503. The second-order valence-corrected chi connectivity index (χ2v) is 5.29. The molecule has 0 aliphatic heterocycles. The van der Waals surface area contributed by atoms with Gasteiger partial charge in [0.1, 0.15) is 11.5 Å². The lowest BCUT2D eigenvalue weighted by Gasteiger charge is -2.11. The lowest BCUT2D eigenvalue weighted by atomic mass is 10.1. The zero-order valence-electron chi connectivity index (χ0n) is 10.5. The molecule has 0 atom stereocenters. The molecule has 3 heteroatoms. The fourth-order valence-corrected chi connectivity index (χ4v) is 2.36. The van der Waals surface area contributed by atoms with Crippen molar-refractivity contribution in [2.24, 2.45) is 5.73 Å². The first-order chi connectivity index (χ1) is 8.58. The number of aryl methyl sites for hydroxylation is 2. The van der Waals surface area contributed by atoms with E-state index in [0.717, 1.165) is 27.1 Å². The monoisotopic (exact) mass is 305 g/mol. The fraction of sp³-hybridized carbons (Fsp3) is 0.200. The van der Waals surface area contributed by atoms with Gasteiger partial charge in [0.2, 0.25) is 0 Å². The first-order valence-electron chi connectivity index (χ1n) is 5.83. The third kappa shape index (κ3) is 3.12. The van der Waals surface area contributed by atoms with E-state index in [0.29, 0.717) is 6.54 Å². The molecule has 0 saturated heterocycles. The number of benzene rings is 2. The van der Waals surface area contributed by atoms with Crippen molar-refractivity contribution < 1.29 is 4.74 Å². The van der Waals surface area contributed by atoms with Crippen LogP contribution in [0.25, 0.3) is 0 Å². The van der Waals surface area contributed by atoms with E-state index < -0.39 is 0 Å². The topological polar surface area (TPSA) is 35.2 Å². The molecule has 2 N–H and O–H groups in total. The molecule has 0 spiro atoms. The summed E-state index contributed by atoms with van der Waals surface area (Å²) in [5, 5.41) is 0. The number of hydrogen-bond donors (Lipinski definition) is 1. The Labute approximate surface area is 116 Å². The Morgan fingerprint density at radius 3 is 2.56 bits per heavy atom. The number of halogens is 1. The van der Waals surface area contributed by atoms with E-state index in [4.69, 9.17) is 10.5 Å². The SMILES string of the molecule is Cc1ccc(Oc2cc(Br)cc(CN)c2)c(C)c1. The molecule has 0 aromatic heterocycles. The zero-order chi connectivity index (χ0) is 13.1. The Morgan fingerprint density at radius 2 is 1.89 bits per heavy atom. The highest BCUT2D eigenvalue weighted by Gasteiger charge is 2.04. The molecular weight excluding hydrogens is 290 g/mol. The minimum atomic E-state index is 0.503. The smallest absolute Gasteiger partial charge is 0.130 e. The summed E-state index contributed by atoms with van der Waals surface area (Å²) in [7, 11) is 0. The average molecular weight is 306 g/mol. The predicted octanol–water partition coefficient (Wildman–Crippen LogP) is 4.32. The maximum atomic E-state index is 5.90. The Bertz CT molecular complexity index is 566. The van der Waals surface area contributed by atoms with Gasteiger partial charge >= 0.3 is 0 Å². The quantitative estimate of drug-likeness (QED) is 0.916. The van der Waals surface area contributed by atoms with Crippen LogP contribution in [0.15, 0.2) is 40.9 Å². The number of hydrogen-bond acceptors (Lipinski definition) is 2. The molecule has 94 valence electrons. The van der Waals surface area contributed by atoms with Crippen molar-refractivity contribution in [2.75, 3.05) is 0 Å². The van der Waals surface area contributed by atoms with E-state index >= 15 is 0 Å². The van der Waals surface area contributed by atoms with E-state index in [-0.39, 0.29) is 0 Å². The molecule has 0 saturated carbocycles. The molecule has 0 aliphatic rings. The molecular formula is C15H16BrNO. The van der Waals surface area contributed by atoms with Crippen molar-refractivity contribution in [2.45, 2.75) is 20.4 Å². The second-order valence-electron chi connectivity index (χ2n) is 4.37. The van der Waals surface area contributed by atoms with Crippen LogP contribution >= 0.6 is 15.9 Å². The normalized spacial score (nSPS) is 10.4. The van der Waals surface area contributed by atoms with Crippen LogP contribution in [0.1, 0.15) is 16.7 Å². The molecule has 0 bridgehead atoms. The van der Waals surface area contributed by atoms with Gasteiger partial charge in [0, 0.05) is 11.0 Å². The van der Waals surface area contributed by atoms with Crippen LogP contribution in [0.3, 0.4) is 0 Å². The summed E-state index contributed by atoms with van der Waals surface area (Å²) in [6, 6.07) is 12.0. The van der Waals surface area contributed by atoms with Gasteiger partial charge in [0.25, 0.3) is 0 Å². The average Bonchev–Trinajstić information content (AvgIpc) is 2.32. The Hall–Kier alpha value is -1.32. The van der Waals surface area contributed by atoms with E-state index in [1.807, 2.05) is 37.3 Å². The molecule has 2 aromatic rings. The summed E-state index contributed by atoms with van der Waals surface area (Å²) in [6.45, 7) is 4.62. The summed E-state index contributed by atoms with van der Waals surface area (Å²) in [4.78, 5) is 0. The molecule has 2 rings (SSSR count). The van der Waals surface area contributed by atoms with Gasteiger partial charge in [-0.3, -0.25) is 0 Å². The Kier molecular flexibility index (Phi) is 4.04. The largest absolute Gasteiger partial charge is 0.457 e. The molecule has 0 radical (unpaired) electrons. The van der Waals surface area contributed by atoms with Gasteiger partial charge in [-0.2, -0.15) is 0 Å². The Morgan fingerprint density at radius 1 is 1.11 bits per heavy atom. The third-order valence-electron chi connectivity index (χ3n) is 2.73. The van der Waals surface area contributed by atoms with Crippen molar-refractivity contribution in [3.05, 3.63) is 57.6 Å². The van der Waals surface area contributed by atoms with Crippen molar-refractivity contribution in [3.8, 4) is 11.5 Å². The number of ether oxygens (including phenoxy) is 1. The van der Waals surface area contributed by atoms with Gasteiger partial charge in [-0.05, 0) is 49.2 Å². The molecule has 0 fully saturated rings. The van der Waals surface area contributed by atoms with Crippen LogP contribution in [0.5, 0.6) is 11.5 Å². The van der Waals surface area contributed by atoms with Crippen molar-refractivity contribution >= 4 is 15.9 Å². The molecule has 2 nitrogen and oxygen atoms in total. The summed E-state index contributed by atoms with van der Waals surface area (Å²) in [5.41, 5.74) is 9.06. The van der Waals surface area contributed by atoms with Crippen molar-refractivity contribution in [3.63, 3.8) is 0 Å². The highest BCUT2D eigenvalue weighted by Crippen LogP contribution is 2.28. The van der Waals surface area contributed by atoms with Crippen LogP contribution in [0.2, 0.25) is 0 Å². The highest BCUT2D eigenvalue weighted by atomic mass is 79.9. The number of nitrogens with two attached hydrogens (primary N) is 1. The summed E-state index contributed by atoms with van der Waals surface area (Å²) in [5.74, 6) is 1.68. The second kappa shape index (κ2) is 5.55. The van der Waals surface area contributed by atoms with Crippen LogP contribution in [0.4, 0.5) is 0 Å². The standard InChI is InChI=1S/C15H16BrNO/c1-10-3-4-15(11(2)5-10)18-14-7-12(9-17)6-13(16)8-14/h3-8H,9,17H2,1-2H3. The molecule has 0 heterocycles. The first kappa shape index (κ1) is 13.1. The van der Waals surface area contributed by atoms with Gasteiger partial charge in [0.15, 0.2) is 0 Å². The summed E-state index contributed by atoms with van der Waals surface area (Å²) < 4.78 is 6.88. The first-order valence-corrected chi connectivity index (χ1v) is 6.62. The summed E-state index contributed by atoms with van der Waals surface area (Å²) >= 11 is 3.46. The molecule has 0 unspecified atom stereocenters. The van der Waals surface area contributed by atoms with Crippen LogP contribution < -0.4 is 10.5 Å². The fourth-order valence-electron chi connectivity index (χ4n) is 1.84. The molecule has 2 aromatic carbocycles. The lowest BCUT2D eigenvalue weighted by Crippen LogP contribution is -1.97. The maximum Gasteiger partial charge on any atom is 0.130 e. The van der Waals surface area contributed by atoms with Crippen LogP contribution in [-0.4, -0.2) is 0 Å². The van der Waals surface area contributed by atoms with Gasteiger partial charge in [-0.1, -0.05) is 33.6 Å². The number of rotatable bonds is 3.